The monoisotopic (exact) mass is 294 g/mol. The van der Waals surface area contributed by atoms with E-state index in [1.165, 1.54) is 0 Å². The number of imidazole rings is 1. The number of amides is 1. The molecule has 0 aliphatic rings. The van der Waals surface area contributed by atoms with Crippen molar-refractivity contribution in [1.82, 2.24) is 15.3 Å². The van der Waals surface area contributed by atoms with E-state index >= 15 is 0 Å². The van der Waals surface area contributed by atoms with Crippen molar-refractivity contribution in [2.24, 2.45) is 5.73 Å². The van der Waals surface area contributed by atoms with E-state index in [0.717, 1.165) is 22.4 Å². The Morgan fingerprint density at radius 1 is 1.27 bits per heavy atom. The van der Waals surface area contributed by atoms with Crippen LogP contribution in [0.25, 0.3) is 11.0 Å². The van der Waals surface area contributed by atoms with Crippen LogP contribution in [0.2, 0.25) is 0 Å². The van der Waals surface area contributed by atoms with Gasteiger partial charge in [0.1, 0.15) is 5.82 Å². The highest BCUT2D eigenvalue weighted by Gasteiger charge is 2.14. The number of carbonyl (C=O) groups excluding carboxylic acids is 1. The summed E-state index contributed by atoms with van der Waals surface area (Å²) in [5.74, 6) is 0.604. The molecule has 1 aromatic heterocycles. The second kappa shape index (κ2) is 5.99. The Morgan fingerprint density at radius 3 is 2.86 bits per heavy atom. The summed E-state index contributed by atoms with van der Waals surface area (Å²) in [5, 5.41) is 2.95. The van der Waals surface area contributed by atoms with Gasteiger partial charge in [0, 0.05) is 12.1 Å². The molecule has 1 atom stereocenters. The van der Waals surface area contributed by atoms with Crippen LogP contribution in [0.5, 0.6) is 0 Å². The van der Waals surface area contributed by atoms with E-state index in [1.54, 1.807) is 12.1 Å². The predicted molar refractivity (Wildman–Crippen MR) is 86.3 cm³/mol. The van der Waals surface area contributed by atoms with Crippen LogP contribution in [0.1, 0.15) is 34.7 Å². The first-order chi connectivity index (χ1) is 10.7. The molecule has 5 heteroatoms. The minimum atomic E-state index is -0.207. The van der Waals surface area contributed by atoms with Gasteiger partial charge in [-0.3, -0.25) is 4.79 Å². The molecular weight excluding hydrogens is 276 g/mol. The maximum atomic E-state index is 12.3. The van der Waals surface area contributed by atoms with Crippen molar-refractivity contribution in [1.29, 1.82) is 0 Å². The zero-order chi connectivity index (χ0) is 15.5. The number of fused-ring (bicyclic) bond motifs is 1. The number of para-hydroxylation sites is 2. The number of aromatic amines is 1. The molecule has 3 aromatic rings. The fraction of sp³-hybridized carbons (Fsp3) is 0.176. The molecule has 0 aliphatic heterocycles. The molecule has 2 aromatic carbocycles. The van der Waals surface area contributed by atoms with Crippen molar-refractivity contribution in [3.8, 4) is 0 Å². The number of hydrogen-bond acceptors (Lipinski definition) is 3. The third-order valence-electron chi connectivity index (χ3n) is 3.59. The van der Waals surface area contributed by atoms with E-state index in [9.17, 15) is 4.79 Å². The van der Waals surface area contributed by atoms with Crippen LogP contribution < -0.4 is 11.1 Å². The highest BCUT2D eigenvalue weighted by Crippen LogP contribution is 2.16. The molecule has 22 heavy (non-hydrogen) atoms. The summed E-state index contributed by atoms with van der Waals surface area (Å²) >= 11 is 0. The quantitative estimate of drug-likeness (QED) is 0.691. The lowest BCUT2D eigenvalue weighted by Gasteiger charge is -2.12. The van der Waals surface area contributed by atoms with Crippen molar-refractivity contribution in [3.05, 3.63) is 65.5 Å². The molecule has 0 bridgehead atoms. The molecule has 0 radical (unpaired) electrons. The van der Waals surface area contributed by atoms with Crippen LogP contribution in [-0.2, 0) is 6.54 Å². The Labute approximate surface area is 128 Å². The fourth-order valence-corrected chi connectivity index (χ4v) is 2.37. The summed E-state index contributed by atoms with van der Waals surface area (Å²) in [6.45, 7) is 2.32. The lowest BCUT2D eigenvalue weighted by molar-refractivity contribution is 0.0938. The van der Waals surface area contributed by atoms with E-state index in [-0.39, 0.29) is 11.9 Å². The van der Waals surface area contributed by atoms with Crippen LogP contribution in [-0.4, -0.2) is 15.9 Å². The smallest absolute Gasteiger partial charge is 0.251 e. The van der Waals surface area contributed by atoms with Gasteiger partial charge >= 0.3 is 0 Å². The lowest BCUT2D eigenvalue weighted by atomic mass is 10.1. The second-order valence-corrected chi connectivity index (χ2v) is 5.24. The maximum Gasteiger partial charge on any atom is 0.251 e. The molecule has 0 spiro atoms. The average Bonchev–Trinajstić information content (AvgIpc) is 2.99. The van der Waals surface area contributed by atoms with Crippen LogP contribution in [0.15, 0.2) is 48.5 Å². The van der Waals surface area contributed by atoms with Crippen molar-refractivity contribution in [2.75, 3.05) is 0 Å². The largest absolute Gasteiger partial charge is 0.342 e. The Morgan fingerprint density at radius 2 is 2.09 bits per heavy atom. The fourth-order valence-electron chi connectivity index (χ4n) is 2.37. The number of nitrogens with two attached hydrogens (primary N) is 1. The van der Waals surface area contributed by atoms with Crippen molar-refractivity contribution >= 4 is 16.9 Å². The normalized spacial score (nSPS) is 12.3. The average molecular weight is 294 g/mol. The molecule has 0 saturated heterocycles. The van der Waals surface area contributed by atoms with E-state index in [2.05, 4.69) is 15.3 Å². The number of H-pyrrole nitrogens is 1. The zero-order valence-electron chi connectivity index (χ0n) is 12.3. The molecule has 0 saturated carbocycles. The Kier molecular flexibility index (Phi) is 3.89. The highest BCUT2D eigenvalue weighted by molar-refractivity contribution is 5.94. The summed E-state index contributed by atoms with van der Waals surface area (Å²) in [5.41, 5.74) is 9.00. The van der Waals surface area contributed by atoms with Gasteiger partial charge in [-0.2, -0.15) is 0 Å². The summed E-state index contributed by atoms with van der Waals surface area (Å²) in [7, 11) is 0. The number of benzene rings is 2. The number of nitrogens with zero attached hydrogens (tertiary/aromatic N) is 1. The molecular formula is C17H18N4O. The first-order valence-corrected chi connectivity index (χ1v) is 7.22. The minimum Gasteiger partial charge on any atom is -0.342 e. The Bertz CT molecular complexity index is 776. The first kappa shape index (κ1) is 14.3. The van der Waals surface area contributed by atoms with E-state index in [4.69, 9.17) is 5.73 Å². The van der Waals surface area contributed by atoms with Gasteiger partial charge in [0.25, 0.3) is 5.91 Å². The van der Waals surface area contributed by atoms with E-state index in [0.29, 0.717) is 12.1 Å². The molecule has 0 fully saturated rings. The van der Waals surface area contributed by atoms with Crippen LogP contribution >= 0.6 is 0 Å². The SMILES string of the molecule is CC(NC(=O)c1cccc(CN)c1)c1nc2ccccc2[nH]1. The standard InChI is InChI=1S/C17H18N4O/c1-11(16-20-14-7-2-3-8-15(14)21-16)19-17(22)13-6-4-5-12(9-13)10-18/h2-9,11H,10,18H2,1H3,(H,19,22)(H,20,21). The highest BCUT2D eigenvalue weighted by atomic mass is 16.1. The molecule has 3 rings (SSSR count). The number of hydrogen-bond donors (Lipinski definition) is 3. The van der Waals surface area contributed by atoms with Gasteiger partial charge in [-0.05, 0) is 36.8 Å². The molecule has 112 valence electrons. The van der Waals surface area contributed by atoms with Crippen LogP contribution in [0, 0.1) is 0 Å². The molecule has 1 heterocycles. The van der Waals surface area contributed by atoms with Gasteiger partial charge in [-0.25, -0.2) is 4.98 Å². The van der Waals surface area contributed by atoms with E-state index in [1.807, 2.05) is 43.3 Å². The summed E-state index contributed by atoms with van der Waals surface area (Å²) in [4.78, 5) is 20.0. The second-order valence-electron chi connectivity index (χ2n) is 5.24. The number of rotatable bonds is 4. The number of nitrogens with one attached hydrogen (secondary N) is 2. The molecule has 4 N–H and O–H groups in total. The first-order valence-electron chi connectivity index (χ1n) is 7.22. The topological polar surface area (TPSA) is 83.8 Å². The lowest BCUT2D eigenvalue weighted by Crippen LogP contribution is -2.27. The Hall–Kier alpha value is -2.66. The molecule has 0 aliphatic carbocycles. The van der Waals surface area contributed by atoms with Gasteiger partial charge in [-0.1, -0.05) is 24.3 Å². The van der Waals surface area contributed by atoms with E-state index < -0.39 is 0 Å². The van der Waals surface area contributed by atoms with Gasteiger partial charge in [0.15, 0.2) is 0 Å². The predicted octanol–water partition coefficient (Wildman–Crippen LogP) is 2.51. The minimum absolute atomic E-state index is 0.136. The van der Waals surface area contributed by atoms with Gasteiger partial charge in [0.2, 0.25) is 0 Å². The third kappa shape index (κ3) is 2.84. The van der Waals surface area contributed by atoms with Crippen molar-refractivity contribution < 1.29 is 4.79 Å². The van der Waals surface area contributed by atoms with Gasteiger partial charge in [0.05, 0.1) is 17.1 Å². The van der Waals surface area contributed by atoms with Gasteiger partial charge in [-0.15, -0.1) is 0 Å². The maximum absolute atomic E-state index is 12.3. The summed E-state index contributed by atoms with van der Waals surface area (Å²) in [6.07, 6.45) is 0. The number of aromatic nitrogens is 2. The van der Waals surface area contributed by atoms with Crippen LogP contribution in [0.4, 0.5) is 0 Å². The Balaban J connectivity index is 1.77. The summed E-state index contributed by atoms with van der Waals surface area (Å²) < 4.78 is 0. The third-order valence-corrected chi connectivity index (χ3v) is 3.59. The summed E-state index contributed by atoms with van der Waals surface area (Å²) in [6, 6.07) is 14.9. The van der Waals surface area contributed by atoms with Crippen molar-refractivity contribution in [3.63, 3.8) is 0 Å². The molecule has 1 unspecified atom stereocenters. The molecule has 5 nitrogen and oxygen atoms in total. The zero-order valence-corrected chi connectivity index (χ0v) is 12.3. The van der Waals surface area contributed by atoms with Gasteiger partial charge < -0.3 is 16.0 Å². The molecule has 1 amide bonds. The van der Waals surface area contributed by atoms with Crippen molar-refractivity contribution in [2.45, 2.75) is 19.5 Å². The van der Waals surface area contributed by atoms with Crippen LogP contribution in [0.3, 0.4) is 0 Å². The number of carbonyl (C=O) groups is 1.